The zero-order chi connectivity index (χ0) is 21.5. The first kappa shape index (κ1) is 19.6. The van der Waals surface area contributed by atoms with Gasteiger partial charge in [-0.3, -0.25) is 9.36 Å². The van der Waals surface area contributed by atoms with Gasteiger partial charge in [0.1, 0.15) is 16.9 Å². The number of benzene rings is 3. The van der Waals surface area contributed by atoms with E-state index in [4.69, 9.17) is 4.98 Å². The lowest BCUT2D eigenvalue weighted by atomic mass is 10.1. The van der Waals surface area contributed by atoms with Crippen LogP contribution >= 0.6 is 11.8 Å². The third-order valence-electron chi connectivity index (χ3n) is 5.41. The molecule has 5 aromatic rings. The molecule has 2 heterocycles. The molecule has 4 nitrogen and oxygen atoms in total. The number of nitrogens with zero attached hydrogens (tertiary/aromatic N) is 2. The predicted octanol–water partition coefficient (Wildman–Crippen LogP) is 5.92. The third-order valence-corrected chi connectivity index (χ3v) is 6.40. The molecule has 0 spiro atoms. The van der Waals surface area contributed by atoms with Gasteiger partial charge in [0.2, 0.25) is 0 Å². The van der Waals surface area contributed by atoms with Crippen molar-refractivity contribution in [3.8, 4) is 5.69 Å². The lowest BCUT2D eigenvalue weighted by Gasteiger charge is -2.15. The van der Waals surface area contributed by atoms with Crippen LogP contribution in [-0.2, 0) is 5.75 Å². The number of rotatable bonds is 4. The number of thioether (sulfide) groups is 1. The summed E-state index contributed by atoms with van der Waals surface area (Å²) in [6.07, 6.45) is 0. The van der Waals surface area contributed by atoms with Crippen molar-refractivity contribution in [1.29, 1.82) is 0 Å². The van der Waals surface area contributed by atoms with Crippen molar-refractivity contribution < 1.29 is 4.39 Å². The highest BCUT2D eigenvalue weighted by atomic mass is 32.2. The van der Waals surface area contributed by atoms with Gasteiger partial charge in [-0.1, -0.05) is 60.3 Å². The van der Waals surface area contributed by atoms with Gasteiger partial charge in [-0.15, -0.1) is 0 Å². The Morgan fingerprint density at radius 2 is 1.81 bits per heavy atom. The Kier molecular flexibility index (Phi) is 4.87. The lowest BCUT2D eigenvalue weighted by Crippen LogP contribution is -2.22. The van der Waals surface area contributed by atoms with Crippen LogP contribution in [-0.4, -0.2) is 14.5 Å². The molecule has 0 amide bonds. The van der Waals surface area contributed by atoms with E-state index in [1.807, 2.05) is 62.4 Å². The topological polar surface area (TPSA) is 50.7 Å². The van der Waals surface area contributed by atoms with Gasteiger partial charge in [-0.2, -0.15) is 0 Å². The largest absolute Gasteiger partial charge is 0.349 e. The standard InChI is InChI=1S/C25H20FN3OS/c1-15-11-12-16(2)21(13-15)29-24(30)23-22(18-8-4-6-10-20(18)27-23)28-25(29)31-14-17-7-3-5-9-19(17)26/h3-13,27H,14H2,1-2H3. The van der Waals surface area contributed by atoms with Gasteiger partial charge in [-0.25, -0.2) is 9.37 Å². The van der Waals surface area contributed by atoms with Gasteiger partial charge >= 0.3 is 0 Å². The second kappa shape index (κ2) is 7.71. The molecule has 0 atom stereocenters. The normalized spacial score (nSPS) is 11.5. The van der Waals surface area contributed by atoms with Crippen molar-refractivity contribution in [2.75, 3.05) is 0 Å². The van der Waals surface area contributed by atoms with Crippen LogP contribution in [0.3, 0.4) is 0 Å². The molecule has 0 saturated carbocycles. The maximum absolute atomic E-state index is 14.2. The van der Waals surface area contributed by atoms with Gasteiger partial charge < -0.3 is 4.98 Å². The van der Waals surface area contributed by atoms with Gasteiger partial charge in [0.15, 0.2) is 5.16 Å². The molecule has 31 heavy (non-hydrogen) atoms. The van der Waals surface area contributed by atoms with Crippen LogP contribution in [0, 0.1) is 19.7 Å². The summed E-state index contributed by atoms with van der Waals surface area (Å²) in [6.45, 7) is 3.97. The van der Waals surface area contributed by atoms with Crippen LogP contribution in [0.4, 0.5) is 4.39 Å². The molecule has 0 aliphatic rings. The van der Waals surface area contributed by atoms with Crippen LogP contribution in [0.1, 0.15) is 16.7 Å². The minimum atomic E-state index is -0.260. The zero-order valence-electron chi connectivity index (χ0n) is 17.1. The SMILES string of the molecule is Cc1ccc(C)c(-n2c(SCc3ccccc3F)nc3c([nH]c4ccccc43)c2=O)c1. The minimum Gasteiger partial charge on any atom is -0.349 e. The van der Waals surface area contributed by atoms with Gasteiger partial charge in [-0.05, 0) is 48.7 Å². The van der Waals surface area contributed by atoms with Gasteiger partial charge in [0.05, 0.1) is 5.69 Å². The summed E-state index contributed by atoms with van der Waals surface area (Å²) in [5, 5.41) is 1.44. The van der Waals surface area contributed by atoms with E-state index in [1.165, 1.54) is 17.8 Å². The third kappa shape index (κ3) is 3.43. The molecule has 0 unspecified atom stereocenters. The quantitative estimate of drug-likeness (QED) is 0.285. The van der Waals surface area contributed by atoms with E-state index in [1.54, 1.807) is 16.7 Å². The average Bonchev–Trinajstić information content (AvgIpc) is 3.14. The molecule has 0 bridgehead atoms. The highest BCUT2D eigenvalue weighted by Crippen LogP contribution is 2.29. The van der Waals surface area contributed by atoms with Crippen molar-refractivity contribution in [1.82, 2.24) is 14.5 Å². The lowest BCUT2D eigenvalue weighted by molar-refractivity contribution is 0.617. The molecular weight excluding hydrogens is 409 g/mol. The fourth-order valence-electron chi connectivity index (χ4n) is 3.77. The minimum absolute atomic E-state index is 0.161. The van der Waals surface area contributed by atoms with Crippen molar-refractivity contribution in [3.63, 3.8) is 0 Å². The number of H-pyrrole nitrogens is 1. The predicted molar refractivity (Wildman–Crippen MR) is 125 cm³/mol. The zero-order valence-corrected chi connectivity index (χ0v) is 18.0. The maximum atomic E-state index is 14.2. The highest BCUT2D eigenvalue weighted by Gasteiger charge is 2.18. The second-order valence-electron chi connectivity index (χ2n) is 7.60. The first-order valence-electron chi connectivity index (χ1n) is 10.0. The number of aryl methyl sites for hydroxylation is 2. The van der Waals surface area contributed by atoms with E-state index in [-0.39, 0.29) is 11.4 Å². The van der Waals surface area contributed by atoms with Crippen LogP contribution in [0.5, 0.6) is 0 Å². The van der Waals surface area contributed by atoms with Crippen molar-refractivity contribution in [2.45, 2.75) is 24.8 Å². The van der Waals surface area contributed by atoms with Crippen molar-refractivity contribution >= 4 is 33.7 Å². The Morgan fingerprint density at radius 1 is 1.03 bits per heavy atom. The molecule has 6 heteroatoms. The first-order chi connectivity index (χ1) is 15.0. The summed E-state index contributed by atoms with van der Waals surface area (Å²) < 4.78 is 15.9. The molecule has 0 aliphatic carbocycles. The van der Waals surface area contributed by atoms with Crippen LogP contribution in [0.2, 0.25) is 0 Å². The van der Waals surface area contributed by atoms with Crippen LogP contribution < -0.4 is 5.56 Å². The van der Waals surface area contributed by atoms with E-state index < -0.39 is 0 Å². The number of halogens is 1. The Labute approximate surface area is 182 Å². The number of aromatic nitrogens is 3. The highest BCUT2D eigenvalue weighted by molar-refractivity contribution is 7.98. The van der Waals surface area contributed by atoms with Crippen molar-refractivity contribution in [2.24, 2.45) is 0 Å². The molecule has 3 aromatic carbocycles. The monoisotopic (exact) mass is 429 g/mol. The number of nitrogens with one attached hydrogen (secondary N) is 1. The number of hydrogen-bond donors (Lipinski definition) is 1. The average molecular weight is 430 g/mol. The van der Waals surface area contributed by atoms with E-state index in [0.29, 0.717) is 27.5 Å². The number of hydrogen-bond acceptors (Lipinski definition) is 3. The van der Waals surface area contributed by atoms with Crippen molar-refractivity contribution in [3.05, 3.63) is 99.6 Å². The molecular formula is C25H20FN3OS. The van der Waals surface area contributed by atoms with E-state index in [9.17, 15) is 9.18 Å². The fraction of sp³-hybridized carbons (Fsp3) is 0.120. The summed E-state index contributed by atoms with van der Waals surface area (Å²) >= 11 is 1.36. The molecule has 154 valence electrons. The van der Waals surface area contributed by atoms with Crippen LogP contribution in [0.25, 0.3) is 27.6 Å². The fourth-order valence-corrected chi connectivity index (χ4v) is 4.75. The Bertz CT molecular complexity index is 1500. The Morgan fingerprint density at radius 3 is 2.65 bits per heavy atom. The summed E-state index contributed by atoms with van der Waals surface area (Å²) in [7, 11) is 0. The molecule has 0 aliphatic heterocycles. The molecule has 1 N–H and O–H groups in total. The molecule has 0 radical (unpaired) electrons. The summed E-state index contributed by atoms with van der Waals surface area (Å²) in [4.78, 5) is 21.8. The number of fused-ring (bicyclic) bond motifs is 3. The Hall–Kier alpha value is -3.38. The van der Waals surface area contributed by atoms with E-state index >= 15 is 0 Å². The summed E-state index contributed by atoms with van der Waals surface area (Å²) in [5.74, 6) is 0.112. The van der Waals surface area contributed by atoms with E-state index in [2.05, 4.69) is 4.98 Å². The summed E-state index contributed by atoms with van der Waals surface area (Å²) in [6, 6.07) is 20.4. The maximum Gasteiger partial charge on any atom is 0.283 e. The number of aromatic amines is 1. The van der Waals surface area contributed by atoms with Gasteiger partial charge in [0, 0.05) is 16.7 Å². The first-order valence-corrected chi connectivity index (χ1v) is 11.0. The summed E-state index contributed by atoms with van der Waals surface area (Å²) in [5.41, 5.74) is 5.20. The molecule has 5 rings (SSSR count). The van der Waals surface area contributed by atoms with Gasteiger partial charge in [0.25, 0.3) is 5.56 Å². The molecule has 2 aromatic heterocycles. The second-order valence-corrected chi connectivity index (χ2v) is 8.54. The molecule has 0 saturated heterocycles. The Balaban J connectivity index is 1.76. The smallest absolute Gasteiger partial charge is 0.283 e. The van der Waals surface area contributed by atoms with E-state index in [0.717, 1.165) is 27.7 Å². The molecule has 0 fully saturated rings. The van der Waals surface area contributed by atoms with Crippen LogP contribution in [0.15, 0.2) is 76.7 Å². The number of para-hydroxylation sites is 1.